The van der Waals surface area contributed by atoms with E-state index >= 15 is 0 Å². The lowest BCUT2D eigenvalue weighted by atomic mass is 10.1. The lowest BCUT2D eigenvalue weighted by Gasteiger charge is -2.43. The molecule has 1 aromatic carbocycles. The van der Waals surface area contributed by atoms with Crippen molar-refractivity contribution in [1.82, 2.24) is 14.9 Å². The minimum Gasteiger partial charge on any atom is -0.493 e. The van der Waals surface area contributed by atoms with E-state index in [4.69, 9.17) is 4.74 Å². The number of aromatic nitrogens is 2. The van der Waals surface area contributed by atoms with Crippen LogP contribution < -0.4 is 9.64 Å². The van der Waals surface area contributed by atoms with Crippen molar-refractivity contribution >= 4 is 44.1 Å². The summed E-state index contributed by atoms with van der Waals surface area (Å²) in [5, 5.41) is 4.15. The molecule has 0 radical (unpaired) electrons. The van der Waals surface area contributed by atoms with E-state index in [-0.39, 0.29) is 11.4 Å². The monoisotopic (exact) mass is 418 g/mol. The second-order valence-corrected chi connectivity index (χ2v) is 9.07. The number of aromatic amines is 1. The van der Waals surface area contributed by atoms with Gasteiger partial charge in [-0.15, -0.1) is 11.3 Å². The van der Waals surface area contributed by atoms with Gasteiger partial charge in [-0.05, 0) is 25.0 Å². The third-order valence-corrected chi connectivity index (χ3v) is 7.46. The highest BCUT2D eigenvalue weighted by molar-refractivity contribution is 7.17. The number of nitrogens with zero attached hydrogens (tertiary/aromatic N) is 3. The molecule has 152 valence electrons. The van der Waals surface area contributed by atoms with Gasteiger partial charge in [-0.2, -0.15) is 0 Å². The van der Waals surface area contributed by atoms with E-state index < -0.39 is 0 Å². The summed E-state index contributed by atoms with van der Waals surface area (Å²) in [6, 6.07) is 10.2. The number of carbonyl (C=O) groups excluding carboxylic acids is 1. The van der Waals surface area contributed by atoms with Gasteiger partial charge in [0.15, 0.2) is 5.75 Å². The van der Waals surface area contributed by atoms with Crippen LogP contribution in [0.25, 0.3) is 21.1 Å². The summed E-state index contributed by atoms with van der Waals surface area (Å²) in [4.78, 5) is 25.7. The van der Waals surface area contributed by atoms with Crippen molar-refractivity contribution in [2.45, 2.75) is 18.4 Å². The molecule has 0 bridgehead atoms. The number of carbonyl (C=O) groups is 1. The third-order valence-electron chi connectivity index (χ3n) is 6.50. The van der Waals surface area contributed by atoms with Gasteiger partial charge in [-0.3, -0.25) is 4.79 Å². The summed E-state index contributed by atoms with van der Waals surface area (Å²) < 4.78 is 6.82. The first-order valence-electron chi connectivity index (χ1n) is 10.2. The van der Waals surface area contributed by atoms with Gasteiger partial charge in [-0.1, -0.05) is 18.2 Å². The Kier molecular flexibility index (Phi) is 3.83. The molecule has 1 saturated carbocycles. The van der Waals surface area contributed by atoms with Crippen LogP contribution in [-0.2, 0) is 0 Å². The molecule has 0 atom stereocenters. The molecule has 2 aliphatic rings. The smallest absolute Gasteiger partial charge is 0.255 e. The summed E-state index contributed by atoms with van der Waals surface area (Å²) in [5.41, 5.74) is 2.68. The first-order chi connectivity index (χ1) is 14.7. The van der Waals surface area contributed by atoms with Crippen LogP contribution >= 0.6 is 11.3 Å². The topological polar surface area (TPSA) is 61.5 Å². The number of nitrogens with one attached hydrogen (secondary N) is 1. The van der Waals surface area contributed by atoms with E-state index in [1.807, 2.05) is 23.7 Å². The Morgan fingerprint density at radius 2 is 2.07 bits per heavy atom. The van der Waals surface area contributed by atoms with Crippen LogP contribution in [0.5, 0.6) is 5.75 Å². The summed E-state index contributed by atoms with van der Waals surface area (Å²) in [5.74, 6) is 0.944. The van der Waals surface area contributed by atoms with Crippen LogP contribution in [0, 0.1) is 0 Å². The highest BCUT2D eigenvalue weighted by Crippen LogP contribution is 2.48. The van der Waals surface area contributed by atoms with E-state index in [9.17, 15) is 4.79 Å². The fraction of sp³-hybridized carbons (Fsp3) is 0.304. The molecule has 4 heterocycles. The van der Waals surface area contributed by atoms with Gasteiger partial charge in [0, 0.05) is 46.7 Å². The average Bonchev–Trinajstić information content (AvgIpc) is 3.18. The molecule has 1 saturated heterocycles. The highest BCUT2D eigenvalue weighted by Gasteiger charge is 2.53. The number of fused-ring (bicyclic) bond motifs is 2. The van der Waals surface area contributed by atoms with Crippen LogP contribution in [0.3, 0.4) is 0 Å². The zero-order valence-electron chi connectivity index (χ0n) is 16.7. The third kappa shape index (κ3) is 2.55. The molecule has 7 heteroatoms. The lowest BCUT2D eigenvalue weighted by molar-refractivity contribution is 0.0627. The van der Waals surface area contributed by atoms with Gasteiger partial charge >= 0.3 is 0 Å². The first-order valence-corrected chi connectivity index (χ1v) is 11.1. The Morgan fingerprint density at radius 3 is 2.90 bits per heavy atom. The molecule has 1 amide bonds. The molecule has 1 spiro atoms. The maximum atomic E-state index is 13.5. The van der Waals surface area contributed by atoms with Crippen molar-refractivity contribution in [2.24, 2.45) is 0 Å². The van der Waals surface area contributed by atoms with Gasteiger partial charge in [0.1, 0.15) is 5.65 Å². The molecule has 0 unspecified atom stereocenters. The number of ether oxygens (including phenoxy) is 1. The van der Waals surface area contributed by atoms with Gasteiger partial charge in [0.25, 0.3) is 5.91 Å². The fourth-order valence-corrected chi connectivity index (χ4v) is 5.73. The minimum absolute atomic E-state index is 0.0880. The molecular weight excluding hydrogens is 396 g/mol. The van der Waals surface area contributed by atoms with Crippen molar-refractivity contribution < 1.29 is 9.53 Å². The second-order valence-electron chi connectivity index (χ2n) is 8.16. The van der Waals surface area contributed by atoms with E-state index in [2.05, 4.69) is 38.0 Å². The van der Waals surface area contributed by atoms with Crippen LogP contribution in [0.15, 0.2) is 48.1 Å². The Bertz CT molecular complexity index is 1270. The number of amides is 1. The Hall–Kier alpha value is -3.06. The van der Waals surface area contributed by atoms with Crippen LogP contribution in [0.1, 0.15) is 23.2 Å². The molecule has 1 N–H and O–H groups in total. The number of anilines is 1. The lowest BCUT2D eigenvalue weighted by Crippen LogP contribution is -2.57. The number of methoxy groups -OCH3 is 1. The number of thiophene rings is 1. The van der Waals surface area contributed by atoms with Crippen molar-refractivity contribution in [2.75, 3.05) is 31.6 Å². The van der Waals surface area contributed by atoms with E-state index in [0.717, 1.165) is 59.4 Å². The van der Waals surface area contributed by atoms with Crippen molar-refractivity contribution in [3.05, 3.63) is 53.7 Å². The molecule has 1 aliphatic heterocycles. The largest absolute Gasteiger partial charge is 0.493 e. The second kappa shape index (κ2) is 6.47. The number of pyridine rings is 1. The number of benzene rings is 1. The Balaban J connectivity index is 1.34. The Labute approximate surface area is 178 Å². The standard InChI is InChI=1S/C23H22N4O2S/c1-29-18-12-25-21-16(6-9-24-21)20(18)26-10-11-27(23(14-26)7-8-23)22(28)17-13-30-19-5-3-2-4-15(17)19/h2-6,9,12-13H,7-8,10-11,14H2,1H3,(H,24,25). The van der Waals surface area contributed by atoms with E-state index in [0.29, 0.717) is 6.54 Å². The molecule has 2 fully saturated rings. The van der Waals surface area contributed by atoms with Crippen molar-refractivity contribution in [3.63, 3.8) is 0 Å². The molecular formula is C23H22N4O2S. The van der Waals surface area contributed by atoms with Gasteiger partial charge in [0.05, 0.1) is 30.1 Å². The summed E-state index contributed by atoms with van der Waals surface area (Å²) in [6.07, 6.45) is 5.78. The quantitative estimate of drug-likeness (QED) is 0.539. The molecule has 1 aliphatic carbocycles. The SMILES string of the molecule is COc1cnc2[nH]ccc2c1N1CCN(C(=O)c2csc3ccccc23)C2(CC2)C1. The van der Waals surface area contributed by atoms with Crippen LogP contribution in [0.2, 0.25) is 0 Å². The van der Waals surface area contributed by atoms with Crippen molar-refractivity contribution in [1.29, 1.82) is 0 Å². The maximum Gasteiger partial charge on any atom is 0.255 e. The average molecular weight is 419 g/mol. The summed E-state index contributed by atoms with van der Waals surface area (Å²) in [6.45, 7) is 2.30. The predicted molar refractivity (Wildman–Crippen MR) is 120 cm³/mol. The number of H-pyrrole nitrogens is 1. The van der Waals surface area contributed by atoms with Crippen molar-refractivity contribution in [3.8, 4) is 5.75 Å². The number of hydrogen-bond acceptors (Lipinski definition) is 5. The van der Waals surface area contributed by atoms with Gasteiger partial charge < -0.3 is 19.5 Å². The predicted octanol–water partition coefficient (Wildman–Crippen LogP) is 4.28. The number of hydrogen-bond donors (Lipinski definition) is 1. The molecule has 6 rings (SSSR count). The maximum absolute atomic E-state index is 13.5. The Morgan fingerprint density at radius 1 is 1.20 bits per heavy atom. The van der Waals surface area contributed by atoms with Crippen LogP contribution in [-0.4, -0.2) is 53.1 Å². The summed E-state index contributed by atoms with van der Waals surface area (Å²) in [7, 11) is 1.69. The molecule has 3 aromatic heterocycles. The van der Waals surface area contributed by atoms with E-state index in [1.54, 1.807) is 24.6 Å². The fourth-order valence-electron chi connectivity index (χ4n) is 4.80. The van der Waals surface area contributed by atoms with Gasteiger partial charge in [0.2, 0.25) is 0 Å². The molecule has 30 heavy (non-hydrogen) atoms. The van der Waals surface area contributed by atoms with Gasteiger partial charge in [-0.25, -0.2) is 4.98 Å². The zero-order valence-corrected chi connectivity index (χ0v) is 17.5. The first kappa shape index (κ1) is 17.8. The molecule has 4 aromatic rings. The number of rotatable bonds is 3. The normalized spacial score (nSPS) is 17.8. The molecule has 6 nitrogen and oxygen atoms in total. The van der Waals surface area contributed by atoms with Crippen LogP contribution in [0.4, 0.5) is 5.69 Å². The van der Waals surface area contributed by atoms with E-state index in [1.165, 1.54) is 4.70 Å². The minimum atomic E-state index is -0.0880. The number of piperazine rings is 1. The summed E-state index contributed by atoms with van der Waals surface area (Å²) >= 11 is 1.65. The highest BCUT2D eigenvalue weighted by atomic mass is 32.1. The zero-order chi connectivity index (χ0) is 20.3.